The van der Waals surface area contributed by atoms with Gasteiger partial charge in [0.15, 0.2) is 0 Å². The summed E-state index contributed by atoms with van der Waals surface area (Å²) in [6.07, 6.45) is 0.835. The van der Waals surface area contributed by atoms with Gasteiger partial charge in [-0.25, -0.2) is 4.79 Å². The van der Waals surface area contributed by atoms with Crippen molar-refractivity contribution < 1.29 is 14.3 Å². The molecule has 0 saturated carbocycles. The van der Waals surface area contributed by atoms with E-state index >= 15 is 0 Å². The smallest absolute Gasteiger partial charge is 0.343 e. The largest absolute Gasteiger partial charge is 0.465 e. The molecule has 19 heavy (non-hydrogen) atoms. The summed E-state index contributed by atoms with van der Waals surface area (Å²) in [6.45, 7) is 2.53. The van der Waals surface area contributed by atoms with Crippen LogP contribution < -0.4 is 16.0 Å². The van der Waals surface area contributed by atoms with E-state index in [1.54, 1.807) is 19.0 Å². The monoisotopic (exact) mass is 285 g/mol. The lowest BCUT2D eigenvalue weighted by Crippen LogP contribution is -2.24. The third-order valence-corrected chi connectivity index (χ3v) is 3.84. The van der Waals surface area contributed by atoms with Crippen molar-refractivity contribution in [3.8, 4) is 0 Å². The number of methoxy groups -OCH3 is 1. The van der Waals surface area contributed by atoms with Gasteiger partial charge in [0, 0.05) is 20.6 Å². The lowest BCUT2D eigenvalue weighted by Gasteiger charge is -2.11. The second kappa shape index (κ2) is 6.42. The van der Waals surface area contributed by atoms with Crippen LogP contribution in [0, 0.1) is 0 Å². The molecule has 0 spiro atoms. The number of hydrogen-bond donors (Lipinski definition) is 2. The minimum Gasteiger partial charge on any atom is -0.465 e. The number of ether oxygens (including phenoxy) is 1. The van der Waals surface area contributed by atoms with Gasteiger partial charge >= 0.3 is 5.97 Å². The Hall–Kier alpha value is -1.76. The number of esters is 1. The number of hydrogen-bond acceptors (Lipinski definition) is 6. The standard InChI is InChI=1S/C12H19N3O3S/c1-5-6-14-10(16)9-8(13)7(12(17)18-4)11(19-9)15(2)3/h5-6,13H2,1-4H3,(H,14,16). The molecule has 0 fully saturated rings. The molecule has 106 valence electrons. The summed E-state index contributed by atoms with van der Waals surface area (Å²) in [5, 5.41) is 3.36. The Kier molecular flexibility index (Phi) is 5.17. The number of thiophene rings is 1. The molecule has 3 N–H and O–H groups in total. The number of carbonyl (C=O) groups excluding carboxylic acids is 2. The highest BCUT2D eigenvalue weighted by Crippen LogP contribution is 2.37. The van der Waals surface area contributed by atoms with Crippen molar-refractivity contribution in [1.29, 1.82) is 0 Å². The molecular formula is C12H19N3O3S. The van der Waals surface area contributed by atoms with Gasteiger partial charge in [-0.1, -0.05) is 6.92 Å². The Morgan fingerprint density at radius 1 is 1.42 bits per heavy atom. The Morgan fingerprint density at radius 3 is 2.53 bits per heavy atom. The number of amides is 1. The lowest BCUT2D eigenvalue weighted by molar-refractivity contribution is 0.0603. The quantitative estimate of drug-likeness (QED) is 0.797. The molecule has 0 aliphatic rings. The van der Waals surface area contributed by atoms with Crippen LogP contribution >= 0.6 is 11.3 Å². The summed E-state index contributed by atoms with van der Waals surface area (Å²) in [6, 6.07) is 0. The summed E-state index contributed by atoms with van der Waals surface area (Å²) in [5.74, 6) is -0.797. The van der Waals surface area contributed by atoms with E-state index in [-0.39, 0.29) is 17.2 Å². The third kappa shape index (κ3) is 3.17. The Bertz CT molecular complexity index is 483. The number of rotatable bonds is 5. The second-order valence-electron chi connectivity index (χ2n) is 4.17. The molecule has 0 bridgehead atoms. The van der Waals surface area contributed by atoms with Crippen LogP contribution in [0.1, 0.15) is 33.4 Å². The molecule has 1 aromatic rings. The molecule has 6 nitrogen and oxygen atoms in total. The first-order valence-electron chi connectivity index (χ1n) is 5.90. The van der Waals surface area contributed by atoms with Gasteiger partial charge in [0.05, 0.1) is 12.8 Å². The maximum absolute atomic E-state index is 12.0. The number of nitrogens with one attached hydrogen (secondary N) is 1. The molecular weight excluding hydrogens is 266 g/mol. The van der Waals surface area contributed by atoms with Gasteiger partial charge in [0.1, 0.15) is 15.4 Å². The van der Waals surface area contributed by atoms with E-state index in [9.17, 15) is 9.59 Å². The van der Waals surface area contributed by atoms with Gasteiger partial charge in [-0.05, 0) is 6.42 Å². The minimum absolute atomic E-state index is 0.175. The second-order valence-corrected chi connectivity index (χ2v) is 5.17. The molecule has 1 amide bonds. The molecule has 1 rings (SSSR count). The van der Waals surface area contributed by atoms with E-state index in [1.807, 2.05) is 6.92 Å². The van der Waals surface area contributed by atoms with Crippen LogP contribution in [0.15, 0.2) is 0 Å². The first-order chi connectivity index (χ1) is 8.93. The Balaban J connectivity index is 3.21. The molecule has 0 atom stereocenters. The lowest BCUT2D eigenvalue weighted by atomic mass is 10.2. The predicted molar refractivity (Wildman–Crippen MR) is 77.0 cm³/mol. The molecule has 0 saturated heterocycles. The summed E-state index contributed by atoms with van der Waals surface area (Å²) in [5.41, 5.74) is 6.34. The zero-order chi connectivity index (χ0) is 14.6. The Morgan fingerprint density at radius 2 is 2.05 bits per heavy atom. The summed E-state index contributed by atoms with van der Waals surface area (Å²) in [4.78, 5) is 25.8. The van der Waals surface area contributed by atoms with E-state index in [4.69, 9.17) is 10.5 Å². The molecule has 0 unspecified atom stereocenters. The van der Waals surface area contributed by atoms with Crippen LogP contribution in [0.3, 0.4) is 0 Å². The molecule has 1 aromatic heterocycles. The van der Waals surface area contributed by atoms with Gasteiger partial charge in [0.2, 0.25) is 0 Å². The SMILES string of the molecule is CCCNC(=O)c1sc(N(C)C)c(C(=O)OC)c1N. The third-order valence-electron chi connectivity index (χ3n) is 2.46. The van der Waals surface area contributed by atoms with Crippen LogP contribution in [0.4, 0.5) is 10.7 Å². The first-order valence-corrected chi connectivity index (χ1v) is 6.71. The average Bonchev–Trinajstić information content (AvgIpc) is 2.73. The van der Waals surface area contributed by atoms with Gasteiger partial charge < -0.3 is 20.7 Å². The van der Waals surface area contributed by atoms with Crippen molar-refractivity contribution in [3.05, 3.63) is 10.4 Å². The minimum atomic E-state index is -0.535. The van der Waals surface area contributed by atoms with Crippen molar-refractivity contribution in [2.75, 3.05) is 38.4 Å². The first kappa shape index (κ1) is 15.3. The number of nitrogens with two attached hydrogens (primary N) is 1. The molecule has 0 aliphatic carbocycles. The fourth-order valence-electron chi connectivity index (χ4n) is 1.53. The van der Waals surface area contributed by atoms with E-state index < -0.39 is 5.97 Å². The van der Waals surface area contributed by atoms with Gasteiger partial charge in [-0.2, -0.15) is 0 Å². The van der Waals surface area contributed by atoms with E-state index in [1.165, 1.54) is 18.4 Å². The maximum atomic E-state index is 12.0. The molecule has 0 aliphatic heterocycles. The van der Waals surface area contributed by atoms with E-state index in [0.29, 0.717) is 16.4 Å². The van der Waals surface area contributed by atoms with Crippen molar-refractivity contribution in [1.82, 2.24) is 5.32 Å². The fraction of sp³-hybridized carbons (Fsp3) is 0.500. The summed E-state index contributed by atoms with van der Waals surface area (Å²) >= 11 is 1.18. The van der Waals surface area contributed by atoms with Crippen LogP contribution in [0.2, 0.25) is 0 Å². The summed E-state index contributed by atoms with van der Waals surface area (Å²) < 4.78 is 4.71. The molecule has 0 radical (unpaired) electrons. The zero-order valence-electron chi connectivity index (χ0n) is 11.6. The van der Waals surface area contributed by atoms with Crippen LogP contribution in [0.25, 0.3) is 0 Å². The normalized spacial score (nSPS) is 10.1. The topological polar surface area (TPSA) is 84.7 Å². The number of nitrogen functional groups attached to an aromatic ring is 1. The fourth-order valence-corrected chi connectivity index (χ4v) is 2.58. The number of carbonyl (C=O) groups is 2. The van der Waals surface area contributed by atoms with E-state index in [2.05, 4.69) is 5.32 Å². The maximum Gasteiger partial charge on any atom is 0.343 e. The average molecular weight is 285 g/mol. The van der Waals surface area contributed by atoms with Gasteiger partial charge in [0.25, 0.3) is 5.91 Å². The molecule has 7 heteroatoms. The highest BCUT2D eigenvalue weighted by atomic mass is 32.1. The van der Waals surface area contributed by atoms with Crippen molar-refractivity contribution in [3.63, 3.8) is 0 Å². The predicted octanol–water partition coefficient (Wildman–Crippen LogP) is 1.32. The highest BCUT2D eigenvalue weighted by Gasteiger charge is 2.26. The molecule has 1 heterocycles. The van der Waals surface area contributed by atoms with E-state index in [0.717, 1.165) is 6.42 Å². The summed E-state index contributed by atoms with van der Waals surface area (Å²) in [7, 11) is 4.85. The molecule has 0 aromatic carbocycles. The van der Waals surface area contributed by atoms with Crippen LogP contribution in [-0.2, 0) is 4.74 Å². The van der Waals surface area contributed by atoms with Crippen LogP contribution in [0.5, 0.6) is 0 Å². The Labute approximate surface area is 116 Å². The van der Waals surface area contributed by atoms with Gasteiger partial charge in [-0.15, -0.1) is 11.3 Å². The zero-order valence-corrected chi connectivity index (χ0v) is 12.4. The number of nitrogens with zero attached hydrogens (tertiary/aromatic N) is 1. The van der Waals surface area contributed by atoms with Crippen molar-refractivity contribution >= 4 is 33.9 Å². The van der Waals surface area contributed by atoms with Gasteiger partial charge in [-0.3, -0.25) is 4.79 Å². The van der Waals surface area contributed by atoms with Crippen molar-refractivity contribution in [2.45, 2.75) is 13.3 Å². The highest BCUT2D eigenvalue weighted by molar-refractivity contribution is 7.19. The van der Waals surface area contributed by atoms with Crippen molar-refractivity contribution in [2.24, 2.45) is 0 Å². The number of anilines is 2. The van der Waals surface area contributed by atoms with Crippen LogP contribution in [-0.4, -0.2) is 39.6 Å².